The molecule has 1 aromatic heterocycles. The summed E-state index contributed by atoms with van der Waals surface area (Å²) in [5.41, 5.74) is 1.91. The van der Waals surface area contributed by atoms with E-state index in [2.05, 4.69) is 11.9 Å². The highest BCUT2D eigenvalue weighted by molar-refractivity contribution is 7.09. The average Bonchev–Trinajstić information content (AvgIpc) is 3.04. The van der Waals surface area contributed by atoms with Crippen LogP contribution in [0.3, 0.4) is 0 Å². The second kappa shape index (κ2) is 8.30. The Morgan fingerprint density at radius 3 is 3.12 bits per heavy atom. The Bertz CT molecular complexity index is 754. The molecule has 1 fully saturated rings. The molecular formula is C20H24N2O2S. The average molecular weight is 356 g/mol. The zero-order valence-corrected chi connectivity index (χ0v) is 15.6. The Morgan fingerprint density at radius 2 is 2.36 bits per heavy atom. The lowest BCUT2D eigenvalue weighted by Gasteiger charge is -2.30. The second-order valence-corrected chi connectivity index (χ2v) is 7.65. The molecule has 4 nitrogen and oxygen atoms in total. The van der Waals surface area contributed by atoms with Crippen LogP contribution in [0.15, 0.2) is 35.7 Å². The summed E-state index contributed by atoms with van der Waals surface area (Å²) in [4.78, 5) is 18.7. The molecular weight excluding hydrogens is 332 g/mol. The van der Waals surface area contributed by atoms with Crippen LogP contribution in [-0.4, -0.2) is 28.9 Å². The van der Waals surface area contributed by atoms with Gasteiger partial charge in [0.15, 0.2) is 0 Å². The minimum atomic E-state index is 0.0934. The SMILES string of the molecule is Cc1nc(COc2cccc(C=CC(=O)N3CCCC(C)C3)c2)cs1. The number of amides is 1. The van der Waals surface area contributed by atoms with Crippen LogP contribution in [0.1, 0.15) is 36.0 Å². The molecule has 1 atom stereocenters. The Balaban J connectivity index is 1.58. The summed E-state index contributed by atoms with van der Waals surface area (Å²) in [6, 6.07) is 7.78. The summed E-state index contributed by atoms with van der Waals surface area (Å²) in [6.45, 7) is 6.37. The van der Waals surface area contributed by atoms with Gasteiger partial charge in [0.05, 0.1) is 10.7 Å². The van der Waals surface area contributed by atoms with Crippen LogP contribution >= 0.6 is 11.3 Å². The van der Waals surface area contributed by atoms with E-state index in [-0.39, 0.29) is 5.91 Å². The minimum Gasteiger partial charge on any atom is -0.487 e. The second-order valence-electron chi connectivity index (χ2n) is 6.58. The monoisotopic (exact) mass is 356 g/mol. The van der Waals surface area contributed by atoms with E-state index in [0.717, 1.165) is 41.5 Å². The van der Waals surface area contributed by atoms with Gasteiger partial charge in [-0.25, -0.2) is 4.98 Å². The van der Waals surface area contributed by atoms with Crippen LogP contribution in [0, 0.1) is 12.8 Å². The first-order valence-electron chi connectivity index (χ1n) is 8.71. The fourth-order valence-electron chi connectivity index (χ4n) is 3.00. The summed E-state index contributed by atoms with van der Waals surface area (Å²) in [7, 11) is 0. The molecule has 2 aromatic rings. The molecule has 0 spiro atoms. The lowest BCUT2D eigenvalue weighted by Crippen LogP contribution is -2.38. The van der Waals surface area contributed by atoms with Crippen molar-refractivity contribution in [2.45, 2.75) is 33.3 Å². The molecule has 132 valence electrons. The van der Waals surface area contributed by atoms with Gasteiger partial charge < -0.3 is 9.64 Å². The van der Waals surface area contributed by atoms with E-state index in [0.29, 0.717) is 12.5 Å². The van der Waals surface area contributed by atoms with Gasteiger partial charge in [0.1, 0.15) is 12.4 Å². The van der Waals surface area contributed by atoms with E-state index in [1.807, 2.05) is 47.5 Å². The van der Waals surface area contributed by atoms with E-state index in [4.69, 9.17) is 4.74 Å². The number of nitrogens with zero attached hydrogens (tertiary/aromatic N) is 2. The maximum absolute atomic E-state index is 12.3. The van der Waals surface area contributed by atoms with Crippen molar-refractivity contribution in [1.29, 1.82) is 0 Å². The van der Waals surface area contributed by atoms with Crippen molar-refractivity contribution in [1.82, 2.24) is 9.88 Å². The third-order valence-corrected chi connectivity index (χ3v) is 5.12. The molecule has 2 heterocycles. The molecule has 1 aliphatic heterocycles. The van der Waals surface area contributed by atoms with Crippen LogP contribution in [0.25, 0.3) is 6.08 Å². The number of aryl methyl sites for hydroxylation is 1. The zero-order chi connectivity index (χ0) is 17.6. The Kier molecular flexibility index (Phi) is 5.87. The molecule has 1 saturated heterocycles. The van der Waals surface area contributed by atoms with Crippen molar-refractivity contribution in [2.24, 2.45) is 5.92 Å². The van der Waals surface area contributed by atoms with Gasteiger partial charge in [-0.3, -0.25) is 4.79 Å². The van der Waals surface area contributed by atoms with Crippen LogP contribution < -0.4 is 4.74 Å². The maximum Gasteiger partial charge on any atom is 0.246 e. The van der Waals surface area contributed by atoms with Gasteiger partial charge in [0.2, 0.25) is 5.91 Å². The number of likely N-dealkylation sites (tertiary alicyclic amines) is 1. The number of hydrogen-bond donors (Lipinski definition) is 0. The zero-order valence-electron chi connectivity index (χ0n) is 14.8. The third kappa shape index (κ3) is 5.16. The van der Waals surface area contributed by atoms with Crippen molar-refractivity contribution >= 4 is 23.3 Å². The van der Waals surface area contributed by atoms with Gasteiger partial charge >= 0.3 is 0 Å². The van der Waals surface area contributed by atoms with Gasteiger partial charge in [0.25, 0.3) is 0 Å². The largest absolute Gasteiger partial charge is 0.487 e. The summed E-state index contributed by atoms with van der Waals surface area (Å²) in [5, 5.41) is 3.05. The van der Waals surface area contributed by atoms with Crippen LogP contribution in [0.4, 0.5) is 0 Å². The number of carbonyl (C=O) groups is 1. The first kappa shape index (κ1) is 17.7. The topological polar surface area (TPSA) is 42.4 Å². The summed E-state index contributed by atoms with van der Waals surface area (Å²) in [6.07, 6.45) is 5.84. The molecule has 0 N–H and O–H groups in total. The number of thiazole rings is 1. The number of carbonyl (C=O) groups excluding carboxylic acids is 1. The molecule has 1 amide bonds. The number of hydrogen-bond acceptors (Lipinski definition) is 4. The highest BCUT2D eigenvalue weighted by Crippen LogP contribution is 2.18. The van der Waals surface area contributed by atoms with E-state index in [9.17, 15) is 4.79 Å². The maximum atomic E-state index is 12.3. The third-order valence-electron chi connectivity index (χ3n) is 4.30. The predicted octanol–water partition coefficient (Wildman–Crippen LogP) is 4.30. The van der Waals surface area contributed by atoms with E-state index in [1.165, 1.54) is 6.42 Å². The van der Waals surface area contributed by atoms with E-state index >= 15 is 0 Å². The molecule has 1 unspecified atom stereocenters. The summed E-state index contributed by atoms with van der Waals surface area (Å²) < 4.78 is 5.80. The minimum absolute atomic E-state index is 0.0934. The van der Waals surface area contributed by atoms with Crippen molar-refractivity contribution in [3.8, 4) is 5.75 Å². The summed E-state index contributed by atoms with van der Waals surface area (Å²) >= 11 is 1.62. The lowest BCUT2D eigenvalue weighted by molar-refractivity contribution is -0.127. The molecule has 1 aromatic carbocycles. The normalized spacial score (nSPS) is 17.8. The smallest absolute Gasteiger partial charge is 0.246 e. The number of piperidine rings is 1. The first-order chi connectivity index (χ1) is 12.1. The standard InChI is InChI=1S/C20H24N2O2S/c1-15-5-4-10-22(12-15)20(23)9-8-17-6-3-7-19(11-17)24-13-18-14-25-16(2)21-18/h3,6-9,11,14-15H,4-5,10,12-13H2,1-2H3. The van der Waals surface area contributed by atoms with E-state index < -0.39 is 0 Å². The number of aromatic nitrogens is 1. The molecule has 0 aliphatic carbocycles. The number of ether oxygens (including phenoxy) is 1. The molecule has 0 saturated carbocycles. The quantitative estimate of drug-likeness (QED) is 0.750. The number of rotatable bonds is 5. The van der Waals surface area contributed by atoms with Crippen molar-refractivity contribution < 1.29 is 9.53 Å². The molecule has 0 radical (unpaired) electrons. The molecule has 5 heteroatoms. The highest BCUT2D eigenvalue weighted by Gasteiger charge is 2.18. The number of benzene rings is 1. The van der Waals surface area contributed by atoms with Crippen LogP contribution in [0.2, 0.25) is 0 Å². The Hall–Kier alpha value is -2.14. The van der Waals surface area contributed by atoms with E-state index in [1.54, 1.807) is 17.4 Å². The molecule has 1 aliphatic rings. The van der Waals surface area contributed by atoms with Gasteiger partial charge in [-0.05, 0) is 49.5 Å². The summed E-state index contributed by atoms with van der Waals surface area (Å²) in [5.74, 6) is 1.47. The van der Waals surface area contributed by atoms with Crippen LogP contribution in [0.5, 0.6) is 5.75 Å². The van der Waals surface area contributed by atoms with Gasteiger partial charge in [0, 0.05) is 24.5 Å². The Labute approximate surface area is 153 Å². The predicted molar refractivity (Wildman–Crippen MR) is 102 cm³/mol. The highest BCUT2D eigenvalue weighted by atomic mass is 32.1. The van der Waals surface area contributed by atoms with Gasteiger partial charge in [-0.2, -0.15) is 0 Å². The Morgan fingerprint density at radius 1 is 1.48 bits per heavy atom. The fraction of sp³-hybridized carbons (Fsp3) is 0.400. The first-order valence-corrected chi connectivity index (χ1v) is 9.59. The molecule has 25 heavy (non-hydrogen) atoms. The molecule has 0 bridgehead atoms. The van der Waals surface area contributed by atoms with Crippen LogP contribution in [-0.2, 0) is 11.4 Å². The lowest BCUT2D eigenvalue weighted by atomic mass is 10.0. The van der Waals surface area contributed by atoms with Gasteiger partial charge in [-0.15, -0.1) is 11.3 Å². The fourth-order valence-corrected chi connectivity index (χ4v) is 3.60. The molecule has 3 rings (SSSR count). The van der Waals surface area contributed by atoms with Gasteiger partial charge in [-0.1, -0.05) is 19.1 Å². The van der Waals surface area contributed by atoms with Crippen molar-refractivity contribution in [3.63, 3.8) is 0 Å². The van der Waals surface area contributed by atoms with Crippen molar-refractivity contribution in [2.75, 3.05) is 13.1 Å². The van der Waals surface area contributed by atoms with Crippen molar-refractivity contribution in [3.05, 3.63) is 52.0 Å².